The Hall–Kier alpha value is -2.35. The summed E-state index contributed by atoms with van der Waals surface area (Å²) in [5.74, 6) is -0.557. The molecule has 0 bridgehead atoms. The van der Waals surface area contributed by atoms with Crippen LogP contribution in [0.4, 0.5) is 4.39 Å². The number of hydrogen-bond donors (Lipinski definition) is 1. The predicted octanol–water partition coefficient (Wildman–Crippen LogP) is 0.613. The van der Waals surface area contributed by atoms with Crippen LogP contribution in [-0.4, -0.2) is 39.0 Å². The Morgan fingerprint density at radius 1 is 1.55 bits per heavy atom. The van der Waals surface area contributed by atoms with Crippen molar-refractivity contribution in [3.8, 4) is 0 Å². The third-order valence-electron chi connectivity index (χ3n) is 3.87. The fourth-order valence-electron chi connectivity index (χ4n) is 2.79. The number of hydrogen-bond acceptors (Lipinski definition) is 6. The molecule has 0 radical (unpaired) electrons. The molecule has 1 fully saturated rings. The largest absolute Gasteiger partial charge is 0.369 e. The van der Waals surface area contributed by atoms with E-state index in [-0.39, 0.29) is 11.7 Å². The molecule has 2 aromatic rings. The minimum atomic E-state index is -0.426. The molecular formula is C14H16FN5O2. The van der Waals surface area contributed by atoms with Gasteiger partial charge in [-0.1, -0.05) is 5.16 Å². The van der Waals surface area contributed by atoms with Gasteiger partial charge in [-0.25, -0.2) is 4.39 Å². The van der Waals surface area contributed by atoms with Gasteiger partial charge in [-0.05, 0) is 13.0 Å². The minimum Gasteiger partial charge on any atom is -0.369 e. The number of rotatable bonds is 4. The van der Waals surface area contributed by atoms with Gasteiger partial charge in [-0.15, -0.1) is 0 Å². The summed E-state index contributed by atoms with van der Waals surface area (Å²) >= 11 is 0. The maximum absolute atomic E-state index is 13.7. The smallest absolute Gasteiger partial charge is 0.231 e. The molecule has 3 heterocycles. The molecule has 116 valence electrons. The molecule has 0 unspecified atom stereocenters. The first-order valence-corrected chi connectivity index (χ1v) is 6.95. The Bertz CT molecular complexity index is 689. The summed E-state index contributed by atoms with van der Waals surface area (Å²) in [5.41, 5.74) is 6.01. The van der Waals surface area contributed by atoms with Crippen molar-refractivity contribution in [1.29, 1.82) is 0 Å². The first-order chi connectivity index (χ1) is 10.5. The van der Waals surface area contributed by atoms with E-state index in [1.165, 1.54) is 6.20 Å². The van der Waals surface area contributed by atoms with Crippen LogP contribution in [0.3, 0.4) is 0 Å². The topological polar surface area (TPSA) is 98.1 Å². The molecule has 2 aromatic heterocycles. The number of carbonyl (C=O) groups is 1. The second-order valence-corrected chi connectivity index (χ2v) is 5.46. The number of aromatic nitrogens is 3. The number of likely N-dealkylation sites (tertiary alicyclic amines) is 1. The molecule has 0 spiro atoms. The zero-order valence-electron chi connectivity index (χ0n) is 12.1. The summed E-state index contributed by atoms with van der Waals surface area (Å²) in [4.78, 5) is 21.6. The molecule has 2 atom stereocenters. The molecular weight excluding hydrogens is 289 g/mol. The summed E-state index contributed by atoms with van der Waals surface area (Å²) in [7, 11) is 0. The number of halogens is 1. The van der Waals surface area contributed by atoms with Gasteiger partial charge in [0.1, 0.15) is 5.82 Å². The van der Waals surface area contributed by atoms with Crippen molar-refractivity contribution in [2.24, 2.45) is 11.7 Å². The van der Waals surface area contributed by atoms with Crippen molar-refractivity contribution in [3.05, 3.63) is 41.6 Å². The van der Waals surface area contributed by atoms with Crippen LogP contribution in [0.25, 0.3) is 0 Å². The number of aryl methyl sites for hydroxylation is 1. The van der Waals surface area contributed by atoms with Crippen LogP contribution in [-0.2, 0) is 11.3 Å². The Balaban J connectivity index is 1.79. The van der Waals surface area contributed by atoms with Gasteiger partial charge in [0.2, 0.25) is 11.8 Å². The van der Waals surface area contributed by atoms with Gasteiger partial charge in [-0.2, -0.15) is 4.98 Å². The van der Waals surface area contributed by atoms with Gasteiger partial charge in [0, 0.05) is 31.4 Å². The van der Waals surface area contributed by atoms with Gasteiger partial charge in [0.05, 0.1) is 18.0 Å². The highest BCUT2D eigenvalue weighted by atomic mass is 19.1. The van der Waals surface area contributed by atoms with Crippen LogP contribution in [0.5, 0.6) is 0 Å². The van der Waals surface area contributed by atoms with Crippen LogP contribution < -0.4 is 5.73 Å². The molecule has 1 aliphatic heterocycles. The molecule has 1 aliphatic rings. The molecule has 0 aromatic carbocycles. The standard InChI is InChI=1S/C14H16FN5O2/c1-8-18-14(22-19-8)11-7-20(6-10(11)13(16)21)5-9-2-3-17-4-12(9)15/h2-4,10-11H,5-7H2,1H3,(H2,16,21)/t10-,11-/m1/s1. The first-order valence-electron chi connectivity index (χ1n) is 6.95. The van der Waals surface area contributed by atoms with Crippen molar-refractivity contribution < 1.29 is 13.7 Å². The average molecular weight is 305 g/mol. The van der Waals surface area contributed by atoms with Crippen LogP contribution >= 0.6 is 0 Å². The van der Waals surface area contributed by atoms with E-state index in [4.69, 9.17) is 10.3 Å². The van der Waals surface area contributed by atoms with Gasteiger partial charge in [0.25, 0.3) is 0 Å². The Kier molecular flexibility index (Phi) is 3.84. The number of nitrogens with two attached hydrogens (primary N) is 1. The molecule has 1 amide bonds. The maximum atomic E-state index is 13.7. The molecule has 7 nitrogen and oxygen atoms in total. The van der Waals surface area contributed by atoms with E-state index in [1.807, 2.05) is 4.90 Å². The van der Waals surface area contributed by atoms with E-state index < -0.39 is 11.8 Å². The van der Waals surface area contributed by atoms with Crippen molar-refractivity contribution in [2.75, 3.05) is 13.1 Å². The van der Waals surface area contributed by atoms with E-state index in [1.54, 1.807) is 19.2 Å². The predicted molar refractivity (Wildman–Crippen MR) is 73.9 cm³/mol. The van der Waals surface area contributed by atoms with Gasteiger partial charge >= 0.3 is 0 Å². The third-order valence-corrected chi connectivity index (χ3v) is 3.87. The van der Waals surface area contributed by atoms with E-state index in [9.17, 15) is 9.18 Å². The fourth-order valence-corrected chi connectivity index (χ4v) is 2.79. The van der Waals surface area contributed by atoms with Crippen LogP contribution in [0, 0.1) is 18.7 Å². The van der Waals surface area contributed by atoms with Crippen molar-refractivity contribution in [3.63, 3.8) is 0 Å². The van der Waals surface area contributed by atoms with Crippen LogP contribution in [0.2, 0.25) is 0 Å². The van der Waals surface area contributed by atoms with E-state index >= 15 is 0 Å². The van der Waals surface area contributed by atoms with E-state index in [2.05, 4.69) is 15.1 Å². The lowest BCUT2D eigenvalue weighted by Gasteiger charge is -2.15. The summed E-state index contributed by atoms with van der Waals surface area (Å²) in [6.07, 6.45) is 2.72. The molecule has 3 rings (SSSR count). The third kappa shape index (κ3) is 2.82. The fraction of sp³-hybridized carbons (Fsp3) is 0.429. The van der Waals surface area contributed by atoms with Crippen molar-refractivity contribution in [1.82, 2.24) is 20.0 Å². The quantitative estimate of drug-likeness (QED) is 0.889. The van der Waals surface area contributed by atoms with Gasteiger partial charge in [0.15, 0.2) is 5.82 Å². The van der Waals surface area contributed by atoms with Crippen molar-refractivity contribution in [2.45, 2.75) is 19.4 Å². The van der Waals surface area contributed by atoms with Crippen molar-refractivity contribution >= 4 is 5.91 Å². The average Bonchev–Trinajstić information content (AvgIpc) is 3.07. The zero-order valence-corrected chi connectivity index (χ0v) is 12.1. The van der Waals surface area contributed by atoms with E-state index in [0.29, 0.717) is 36.9 Å². The molecule has 2 N–H and O–H groups in total. The van der Waals surface area contributed by atoms with Crippen LogP contribution in [0.1, 0.15) is 23.2 Å². The zero-order chi connectivity index (χ0) is 15.7. The molecule has 22 heavy (non-hydrogen) atoms. The maximum Gasteiger partial charge on any atom is 0.231 e. The number of primary amides is 1. The molecule has 0 saturated carbocycles. The van der Waals surface area contributed by atoms with Gasteiger partial charge in [-0.3, -0.25) is 14.7 Å². The Morgan fingerprint density at radius 3 is 3.00 bits per heavy atom. The molecule has 0 aliphatic carbocycles. The number of amides is 1. The first kappa shape index (κ1) is 14.6. The SMILES string of the molecule is Cc1noc([C@@H]2CN(Cc3ccncc3F)C[C@H]2C(N)=O)n1. The Morgan fingerprint density at radius 2 is 2.36 bits per heavy atom. The van der Waals surface area contributed by atoms with Crippen LogP contribution in [0.15, 0.2) is 23.0 Å². The number of pyridine rings is 1. The number of carbonyl (C=O) groups excluding carboxylic acids is 1. The Labute approximate surface area is 126 Å². The molecule has 8 heteroatoms. The number of nitrogens with zero attached hydrogens (tertiary/aromatic N) is 4. The van der Waals surface area contributed by atoms with Gasteiger partial charge < -0.3 is 10.3 Å². The highest BCUT2D eigenvalue weighted by molar-refractivity contribution is 5.78. The monoisotopic (exact) mass is 305 g/mol. The second-order valence-electron chi connectivity index (χ2n) is 5.46. The molecule has 1 saturated heterocycles. The normalized spacial score (nSPS) is 22.1. The summed E-state index contributed by atoms with van der Waals surface area (Å²) < 4.78 is 18.9. The minimum absolute atomic E-state index is 0.261. The summed E-state index contributed by atoms with van der Waals surface area (Å²) in [5, 5.41) is 3.75. The van der Waals surface area contributed by atoms with E-state index in [0.717, 1.165) is 0 Å². The lowest BCUT2D eigenvalue weighted by Crippen LogP contribution is -2.29. The highest BCUT2D eigenvalue weighted by Gasteiger charge is 2.40. The lowest BCUT2D eigenvalue weighted by atomic mass is 9.95. The summed E-state index contributed by atoms with van der Waals surface area (Å²) in [6.45, 7) is 3.04. The highest BCUT2D eigenvalue weighted by Crippen LogP contribution is 2.32. The second kappa shape index (κ2) is 5.80. The lowest BCUT2D eigenvalue weighted by molar-refractivity contribution is -0.121. The summed E-state index contributed by atoms with van der Waals surface area (Å²) in [6, 6.07) is 1.62.